The van der Waals surface area contributed by atoms with Crippen molar-refractivity contribution in [1.29, 1.82) is 0 Å². The van der Waals surface area contributed by atoms with Gasteiger partial charge in [0.15, 0.2) is 5.96 Å². The normalized spacial score (nSPS) is 11.4. The van der Waals surface area contributed by atoms with E-state index in [9.17, 15) is 4.79 Å². The third-order valence-electron chi connectivity index (χ3n) is 3.81. The fourth-order valence-corrected chi connectivity index (χ4v) is 2.33. The summed E-state index contributed by atoms with van der Waals surface area (Å²) in [6, 6.07) is 7.91. The quantitative estimate of drug-likeness (QED) is 0.371. The summed E-state index contributed by atoms with van der Waals surface area (Å²) in [5, 5.41) is 6.14. The first kappa shape index (κ1) is 23.5. The molecule has 0 atom stereocenters. The number of methoxy groups -OCH3 is 1. The second-order valence-corrected chi connectivity index (χ2v) is 6.31. The van der Waals surface area contributed by atoms with Crippen LogP contribution in [-0.2, 0) is 11.3 Å². The fraction of sp³-hybridized carbons (Fsp3) is 0.556. The molecule has 6 nitrogen and oxygen atoms in total. The van der Waals surface area contributed by atoms with Gasteiger partial charge in [0.1, 0.15) is 5.75 Å². The Hall–Kier alpha value is -1.51. The van der Waals surface area contributed by atoms with Crippen molar-refractivity contribution in [2.75, 3.05) is 34.3 Å². The van der Waals surface area contributed by atoms with Crippen molar-refractivity contribution >= 4 is 35.8 Å². The Morgan fingerprint density at radius 2 is 1.92 bits per heavy atom. The molecule has 0 aliphatic carbocycles. The summed E-state index contributed by atoms with van der Waals surface area (Å²) in [6.07, 6.45) is 0. The van der Waals surface area contributed by atoms with Gasteiger partial charge < -0.3 is 20.3 Å². The molecule has 1 rings (SSSR count). The molecule has 142 valence electrons. The van der Waals surface area contributed by atoms with Crippen molar-refractivity contribution in [3.8, 4) is 5.75 Å². The lowest BCUT2D eigenvalue weighted by molar-refractivity contribution is -0.128. The Kier molecular flexibility index (Phi) is 10.5. The number of aliphatic imine (C=N–C) groups is 1. The predicted molar refractivity (Wildman–Crippen MR) is 114 cm³/mol. The molecule has 0 bridgehead atoms. The number of hydrogen-bond donors (Lipinski definition) is 2. The monoisotopic (exact) mass is 462 g/mol. The average Bonchev–Trinajstić information content (AvgIpc) is 2.56. The number of nitrogens with one attached hydrogen (secondary N) is 2. The minimum atomic E-state index is -0.517. The van der Waals surface area contributed by atoms with Crippen molar-refractivity contribution in [1.82, 2.24) is 15.5 Å². The Morgan fingerprint density at radius 3 is 2.48 bits per heavy atom. The molecule has 0 radical (unpaired) electrons. The minimum absolute atomic E-state index is 0. The SMILES string of the molecule is CCNC(=O)C(C)(C)CNC(=NC)N(C)Cc1ccccc1OC.I. The van der Waals surface area contributed by atoms with Crippen LogP contribution in [-0.4, -0.2) is 51.1 Å². The van der Waals surface area contributed by atoms with Gasteiger partial charge in [0.25, 0.3) is 0 Å². The first-order valence-corrected chi connectivity index (χ1v) is 8.17. The number of halogens is 1. The maximum atomic E-state index is 12.1. The van der Waals surface area contributed by atoms with E-state index in [0.29, 0.717) is 19.6 Å². The van der Waals surface area contributed by atoms with Gasteiger partial charge in [-0.2, -0.15) is 0 Å². The Morgan fingerprint density at radius 1 is 1.28 bits per heavy atom. The summed E-state index contributed by atoms with van der Waals surface area (Å²) in [4.78, 5) is 18.4. The molecular formula is C18H31IN4O2. The lowest BCUT2D eigenvalue weighted by Gasteiger charge is -2.28. The van der Waals surface area contributed by atoms with Crippen LogP contribution in [0.25, 0.3) is 0 Å². The fourth-order valence-electron chi connectivity index (χ4n) is 2.33. The van der Waals surface area contributed by atoms with E-state index < -0.39 is 5.41 Å². The number of benzene rings is 1. The third-order valence-corrected chi connectivity index (χ3v) is 3.81. The lowest BCUT2D eigenvalue weighted by Crippen LogP contribution is -2.48. The van der Waals surface area contributed by atoms with E-state index in [1.807, 2.05) is 57.0 Å². The standard InChI is InChI=1S/C18H30N4O2.HI/c1-7-20-16(23)18(2,3)13-21-17(19-4)22(5)12-14-10-8-9-11-15(14)24-6;/h8-11H,7,12-13H2,1-6H3,(H,19,21)(H,20,23);1H. The predicted octanol–water partition coefficient (Wildman–Crippen LogP) is 2.48. The molecule has 25 heavy (non-hydrogen) atoms. The van der Waals surface area contributed by atoms with Crippen LogP contribution in [0.4, 0.5) is 0 Å². The van der Waals surface area contributed by atoms with E-state index in [4.69, 9.17) is 4.74 Å². The number of ether oxygens (including phenoxy) is 1. The first-order chi connectivity index (χ1) is 11.4. The highest BCUT2D eigenvalue weighted by atomic mass is 127. The summed E-state index contributed by atoms with van der Waals surface area (Å²) in [7, 11) is 5.36. The van der Waals surface area contributed by atoms with Crippen molar-refractivity contribution in [2.45, 2.75) is 27.3 Å². The van der Waals surface area contributed by atoms with Crippen molar-refractivity contribution < 1.29 is 9.53 Å². The van der Waals surface area contributed by atoms with Crippen molar-refractivity contribution in [2.24, 2.45) is 10.4 Å². The van der Waals surface area contributed by atoms with Crippen LogP contribution in [0.1, 0.15) is 26.3 Å². The number of guanidine groups is 1. The van der Waals surface area contributed by atoms with E-state index in [0.717, 1.165) is 17.3 Å². The topological polar surface area (TPSA) is 66.0 Å². The number of carbonyl (C=O) groups is 1. The van der Waals surface area contributed by atoms with Gasteiger partial charge in [-0.15, -0.1) is 24.0 Å². The van der Waals surface area contributed by atoms with Gasteiger partial charge in [-0.3, -0.25) is 9.79 Å². The molecule has 0 saturated heterocycles. The Bertz CT molecular complexity index is 576. The summed E-state index contributed by atoms with van der Waals surface area (Å²) in [6.45, 7) is 7.54. The molecule has 0 fully saturated rings. The third kappa shape index (κ3) is 7.09. The summed E-state index contributed by atoms with van der Waals surface area (Å²) >= 11 is 0. The largest absolute Gasteiger partial charge is 0.496 e. The van der Waals surface area contributed by atoms with Crippen LogP contribution in [0.5, 0.6) is 5.75 Å². The molecule has 1 amide bonds. The molecule has 7 heteroatoms. The van der Waals surface area contributed by atoms with Crippen molar-refractivity contribution in [3.63, 3.8) is 0 Å². The molecule has 0 saturated carbocycles. The van der Waals surface area contributed by atoms with E-state index in [1.165, 1.54) is 0 Å². The van der Waals surface area contributed by atoms with Gasteiger partial charge in [0, 0.05) is 39.3 Å². The van der Waals surface area contributed by atoms with Gasteiger partial charge in [-0.25, -0.2) is 0 Å². The number of carbonyl (C=O) groups excluding carboxylic acids is 1. The molecule has 0 heterocycles. The summed E-state index contributed by atoms with van der Waals surface area (Å²) in [5.41, 5.74) is 0.561. The number of rotatable bonds is 7. The molecule has 0 unspecified atom stereocenters. The number of amides is 1. The maximum absolute atomic E-state index is 12.1. The molecular weight excluding hydrogens is 431 g/mol. The van der Waals surface area contributed by atoms with Crippen LogP contribution >= 0.6 is 24.0 Å². The van der Waals surface area contributed by atoms with Gasteiger partial charge in [0.2, 0.25) is 5.91 Å². The molecule has 0 aromatic heterocycles. The number of para-hydroxylation sites is 1. The highest BCUT2D eigenvalue weighted by Crippen LogP contribution is 2.19. The van der Waals surface area contributed by atoms with Gasteiger partial charge in [0.05, 0.1) is 12.5 Å². The van der Waals surface area contributed by atoms with E-state index in [-0.39, 0.29) is 29.9 Å². The Balaban J connectivity index is 0.00000576. The van der Waals surface area contributed by atoms with Crippen LogP contribution < -0.4 is 15.4 Å². The minimum Gasteiger partial charge on any atom is -0.496 e. The second kappa shape index (κ2) is 11.2. The van der Waals surface area contributed by atoms with Crippen molar-refractivity contribution in [3.05, 3.63) is 29.8 Å². The van der Waals surface area contributed by atoms with Gasteiger partial charge >= 0.3 is 0 Å². The average molecular weight is 462 g/mol. The van der Waals surface area contributed by atoms with Gasteiger partial charge in [-0.05, 0) is 26.8 Å². The van der Waals surface area contributed by atoms with Crippen LogP contribution in [0.15, 0.2) is 29.3 Å². The number of hydrogen-bond acceptors (Lipinski definition) is 3. The lowest BCUT2D eigenvalue weighted by atomic mass is 9.92. The first-order valence-electron chi connectivity index (χ1n) is 8.17. The van der Waals surface area contributed by atoms with E-state index >= 15 is 0 Å². The summed E-state index contributed by atoms with van der Waals surface area (Å²) < 4.78 is 5.39. The molecule has 1 aromatic carbocycles. The highest BCUT2D eigenvalue weighted by Gasteiger charge is 2.27. The second-order valence-electron chi connectivity index (χ2n) is 6.31. The molecule has 2 N–H and O–H groups in total. The Labute approximate surface area is 168 Å². The summed E-state index contributed by atoms with van der Waals surface area (Å²) in [5.74, 6) is 1.61. The number of nitrogens with zero attached hydrogens (tertiary/aromatic N) is 2. The highest BCUT2D eigenvalue weighted by molar-refractivity contribution is 14.0. The molecule has 1 aromatic rings. The van der Waals surface area contributed by atoms with E-state index in [1.54, 1.807) is 14.2 Å². The smallest absolute Gasteiger partial charge is 0.227 e. The van der Waals surface area contributed by atoms with Crippen LogP contribution in [0.2, 0.25) is 0 Å². The van der Waals surface area contributed by atoms with E-state index in [2.05, 4.69) is 15.6 Å². The zero-order valence-electron chi connectivity index (χ0n) is 16.0. The van der Waals surface area contributed by atoms with Gasteiger partial charge in [-0.1, -0.05) is 18.2 Å². The zero-order valence-corrected chi connectivity index (χ0v) is 18.4. The molecule has 0 spiro atoms. The van der Waals surface area contributed by atoms with Crippen LogP contribution in [0, 0.1) is 5.41 Å². The zero-order chi connectivity index (χ0) is 18.2. The molecule has 0 aliphatic heterocycles. The molecule has 0 aliphatic rings. The maximum Gasteiger partial charge on any atom is 0.227 e. The van der Waals surface area contributed by atoms with Crippen LogP contribution in [0.3, 0.4) is 0 Å².